The first-order valence-electron chi connectivity index (χ1n) is 15.4. The van der Waals surface area contributed by atoms with Gasteiger partial charge in [-0.3, -0.25) is 14.5 Å². The Morgan fingerprint density at radius 3 is 2.50 bits per heavy atom. The van der Waals surface area contributed by atoms with Gasteiger partial charge in [0.05, 0.1) is 26.2 Å². The maximum Gasteiger partial charge on any atom is 0.352 e. The number of hydrogen-bond acceptors (Lipinski definition) is 13. The number of thioether (sulfide) groups is 1. The van der Waals surface area contributed by atoms with Crippen LogP contribution in [-0.2, 0) is 24.0 Å². The van der Waals surface area contributed by atoms with Crippen LogP contribution in [0, 0.1) is 0 Å². The Bertz CT molecular complexity index is 1770. The number of anilines is 2. The third kappa shape index (κ3) is 7.71. The fourth-order valence-corrected chi connectivity index (χ4v) is 7.75. The van der Waals surface area contributed by atoms with E-state index in [4.69, 9.17) is 10.6 Å². The number of carbonyl (C=O) groups is 5. The molecule has 4 amide bonds. The fourth-order valence-electron chi connectivity index (χ4n) is 5.87. The number of oxime groups is 1. The predicted molar refractivity (Wildman–Crippen MR) is 181 cm³/mol. The van der Waals surface area contributed by atoms with Gasteiger partial charge in [-0.15, -0.1) is 23.1 Å². The monoisotopic (exact) mass is 733 g/mol. The molecule has 50 heavy (non-hydrogen) atoms. The minimum absolute atomic E-state index is 0.00535. The smallest absolute Gasteiger partial charge is 0.352 e. The van der Waals surface area contributed by atoms with Crippen LogP contribution in [-0.4, -0.2) is 126 Å². The summed E-state index contributed by atoms with van der Waals surface area (Å²) < 4.78 is 0.503. The van der Waals surface area contributed by atoms with Crippen LogP contribution in [0.5, 0.6) is 11.5 Å². The topological polar surface area (TPSA) is 266 Å². The summed E-state index contributed by atoms with van der Waals surface area (Å²) in [6.07, 6.45) is 1.81. The Labute approximate surface area is 293 Å². The summed E-state index contributed by atoms with van der Waals surface area (Å²) in [6.45, 7) is 5.07. The average molecular weight is 734 g/mol. The number of likely N-dealkylation sites (tertiary alicyclic amines) is 1. The molecule has 2 saturated heterocycles. The number of nitrogens with two attached hydrogens (primary N) is 1. The summed E-state index contributed by atoms with van der Waals surface area (Å²) in [6, 6.07) is 2.28. The quantitative estimate of drug-likeness (QED) is 0.0356. The number of β-lactam (4-membered cyclic amide) rings is 1. The lowest BCUT2D eigenvalue weighted by atomic mass is 10.0. The number of aromatic nitrogens is 1. The highest BCUT2D eigenvalue weighted by atomic mass is 32.2. The van der Waals surface area contributed by atoms with Gasteiger partial charge in [0, 0.05) is 41.3 Å². The maximum atomic E-state index is 13.4. The van der Waals surface area contributed by atoms with Crippen molar-refractivity contribution in [3.8, 4) is 11.5 Å². The van der Waals surface area contributed by atoms with Crippen LogP contribution in [0.15, 0.2) is 40.0 Å². The average Bonchev–Trinajstić information content (AvgIpc) is 3.70. The number of aromatic hydroxyl groups is 2. The van der Waals surface area contributed by atoms with Crippen molar-refractivity contribution in [3.63, 3.8) is 0 Å². The second-order valence-electron chi connectivity index (χ2n) is 12.5. The molecule has 3 aliphatic heterocycles. The molecule has 1 aromatic carbocycles. The van der Waals surface area contributed by atoms with Gasteiger partial charge in [-0.2, -0.15) is 0 Å². The Hall–Kier alpha value is -5.08. The van der Waals surface area contributed by atoms with Gasteiger partial charge in [0.25, 0.3) is 11.8 Å². The number of carboxylic acids is 2. The number of benzene rings is 1. The predicted octanol–water partition coefficient (Wildman–Crippen LogP) is 0.891. The Morgan fingerprint density at radius 2 is 1.88 bits per heavy atom. The molecule has 20 heteroatoms. The number of carboxylic acid groups (broad SMARTS) is 2. The number of thiazole rings is 1. The Morgan fingerprint density at radius 1 is 1.16 bits per heavy atom. The van der Waals surface area contributed by atoms with Gasteiger partial charge >= 0.3 is 18.0 Å². The number of nitrogens with zero attached hydrogens (tertiary/aromatic N) is 4. The zero-order valence-corrected chi connectivity index (χ0v) is 28.7. The van der Waals surface area contributed by atoms with E-state index in [1.165, 1.54) is 54.1 Å². The van der Waals surface area contributed by atoms with E-state index >= 15 is 0 Å². The maximum absolute atomic E-state index is 13.4. The highest BCUT2D eigenvalue weighted by Gasteiger charge is 2.55. The largest absolute Gasteiger partial charge is 0.504 e. The number of rotatable bonds is 13. The SMILES string of the molecule is CC(C)(O/N=C(\C(=O)N[C@@H]1C(=O)N2C(C(=O)O)=C(C[N+]3(CCNC(=O)Nc4ccc(O)c(O)c4)CCCC3)CS[C@H]12)c1csc(N)n1)C(=O)O. The molecule has 3 aliphatic rings. The number of aliphatic carboxylic acids is 2. The lowest BCUT2D eigenvalue weighted by Gasteiger charge is -2.50. The number of phenols is 2. The first kappa shape index (κ1) is 36.2. The van der Waals surface area contributed by atoms with Crippen LogP contribution in [0.3, 0.4) is 0 Å². The molecule has 0 saturated carbocycles. The van der Waals surface area contributed by atoms with Crippen molar-refractivity contribution in [1.29, 1.82) is 0 Å². The summed E-state index contributed by atoms with van der Waals surface area (Å²) >= 11 is 2.31. The highest BCUT2D eigenvalue weighted by Crippen LogP contribution is 2.41. The lowest BCUT2D eigenvalue weighted by Crippen LogP contribution is -2.71. The number of quaternary nitrogens is 1. The molecular weight excluding hydrogens is 697 g/mol. The zero-order valence-electron chi connectivity index (χ0n) is 27.0. The molecule has 9 N–H and O–H groups in total. The number of fused-ring (bicyclic) bond motifs is 1. The highest BCUT2D eigenvalue weighted by molar-refractivity contribution is 8.00. The van der Waals surface area contributed by atoms with Crippen molar-refractivity contribution in [1.82, 2.24) is 20.5 Å². The molecule has 0 unspecified atom stereocenters. The number of urea groups is 1. The normalized spacial score (nSPS) is 20.1. The molecule has 0 radical (unpaired) electrons. The molecule has 0 spiro atoms. The van der Waals surface area contributed by atoms with E-state index in [0.717, 1.165) is 37.3 Å². The summed E-state index contributed by atoms with van der Waals surface area (Å²) in [5.74, 6) is -4.55. The number of nitrogen functional groups attached to an aromatic ring is 1. The fraction of sp³-hybridized carbons (Fsp3) is 0.433. The van der Waals surface area contributed by atoms with Crippen molar-refractivity contribution in [2.75, 3.05) is 49.5 Å². The van der Waals surface area contributed by atoms with Crippen LogP contribution in [0.1, 0.15) is 32.4 Å². The second-order valence-corrected chi connectivity index (χ2v) is 14.5. The third-order valence-corrected chi connectivity index (χ3v) is 10.6. The van der Waals surface area contributed by atoms with Crippen LogP contribution < -0.4 is 21.7 Å². The lowest BCUT2D eigenvalue weighted by molar-refractivity contribution is -0.911. The van der Waals surface area contributed by atoms with E-state index in [-0.39, 0.29) is 46.0 Å². The molecule has 18 nitrogen and oxygen atoms in total. The van der Waals surface area contributed by atoms with Crippen molar-refractivity contribution in [3.05, 3.63) is 40.5 Å². The molecule has 2 fully saturated rings. The van der Waals surface area contributed by atoms with Crippen molar-refractivity contribution >= 4 is 69.4 Å². The van der Waals surface area contributed by atoms with E-state index in [1.807, 2.05) is 0 Å². The number of phenolic OH excluding ortho intramolecular Hbond substituents is 2. The first-order chi connectivity index (χ1) is 23.6. The molecule has 4 heterocycles. The summed E-state index contributed by atoms with van der Waals surface area (Å²) in [7, 11) is 0. The van der Waals surface area contributed by atoms with Gasteiger partial charge in [0.2, 0.25) is 5.60 Å². The molecule has 2 atom stereocenters. The summed E-state index contributed by atoms with van der Waals surface area (Å²) in [5, 5.41) is 51.3. The molecule has 5 rings (SSSR count). The van der Waals surface area contributed by atoms with E-state index in [1.54, 1.807) is 0 Å². The Balaban J connectivity index is 1.26. The summed E-state index contributed by atoms with van der Waals surface area (Å²) in [4.78, 5) is 73.8. The van der Waals surface area contributed by atoms with Gasteiger partial charge < -0.3 is 51.4 Å². The zero-order chi connectivity index (χ0) is 36.4. The van der Waals surface area contributed by atoms with E-state index in [0.29, 0.717) is 23.1 Å². The van der Waals surface area contributed by atoms with Crippen molar-refractivity contribution in [2.24, 2.45) is 5.16 Å². The van der Waals surface area contributed by atoms with Gasteiger partial charge in [-0.25, -0.2) is 19.4 Å². The van der Waals surface area contributed by atoms with E-state index in [9.17, 15) is 44.4 Å². The Kier molecular flexibility index (Phi) is 10.4. The second kappa shape index (κ2) is 14.4. The molecule has 0 aliphatic carbocycles. The minimum atomic E-state index is -1.79. The first-order valence-corrected chi connectivity index (χ1v) is 17.4. The van der Waals surface area contributed by atoms with Crippen LogP contribution in [0.2, 0.25) is 0 Å². The molecule has 0 bridgehead atoms. The minimum Gasteiger partial charge on any atom is -0.504 e. The molecule has 2 aromatic rings. The molecular formula is C30H37N8O10S2+. The number of nitrogens with one attached hydrogen (secondary N) is 3. The van der Waals surface area contributed by atoms with E-state index in [2.05, 4.69) is 26.1 Å². The molecule has 1 aromatic heterocycles. The molecule has 268 valence electrons. The van der Waals surface area contributed by atoms with Crippen LogP contribution >= 0.6 is 23.1 Å². The van der Waals surface area contributed by atoms with Gasteiger partial charge in [-0.1, -0.05) is 5.16 Å². The number of hydrogen-bond donors (Lipinski definition) is 8. The summed E-state index contributed by atoms with van der Waals surface area (Å²) in [5.41, 5.74) is 4.24. The van der Waals surface area contributed by atoms with Gasteiger partial charge in [-0.05, 0) is 26.0 Å². The third-order valence-electron chi connectivity index (χ3n) is 8.54. The van der Waals surface area contributed by atoms with E-state index < -0.39 is 52.5 Å². The standard InChI is InChI=1S/C30H36N8O10S2/c1-30(2,27(45)46)48-36-20(17-14-50-28(31)34-17)23(41)35-21-24(42)37-22(26(43)44)15(13-49-25(21)37)12-38(8-3-4-9-38)10-7-32-29(47)33-16-5-6-18(39)19(40)11-16/h5-6,11,14,21,25H,3-4,7-10,12-13H2,1-2H3,(H8-,31,32,33,34,35,36,39,40,41,43,44,45,46,47)/p+1/t21-,25-/m1/s1. The number of carbonyl (C=O) groups excluding carboxylic acids is 3. The van der Waals surface area contributed by atoms with Gasteiger partial charge in [0.1, 0.15) is 29.4 Å². The van der Waals surface area contributed by atoms with Crippen molar-refractivity contribution < 1.29 is 53.7 Å². The number of amides is 4. The van der Waals surface area contributed by atoms with Gasteiger partial charge in [0.15, 0.2) is 22.3 Å². The van der Waals surface area contributed by atoms with Crippen molar-refractivity contribution in [2.45, 2.75) is 43.7 Å². The van der Waals surface area contributed by atoms with Crippen LogP contribution in [0.25, 0.3) is 0 Å². The van der Waals surface area contributed by atoms with Crippen LogP contribution in [0.4, 0.5) is 15.6 Å².